The molecule has 6 nitrogen and oxygen atoms in total. The van der Waals surface area contributed by atoms with Gasteiger partial charge in [-0.1, -0.05) is 58.1 Å². The lowest BCUT2D eigenvalue weighted by atomic mass is 10.1. The Labute approximate surface area is 184 Å². The van der Waals surface area contributed by atoms with Crippen molar-refractivity contribution in [2.75, 3.05) is 16.8 Å². The van der Waals surface area contributed by atoms with Crippen molar-refractivity contribution in [2.24, 2.45) is 0 Å². The quantitative estimate of drug-likeness (QED) is 0.510. The van der Waals surface area contributed by atoms with Gasteiger partial charge >= 0.3 is 0 Å². The van der Waals surface area contributed by atoms with Crippen LogP contribution in [0.5, 0.6) is 0 Å². The van der Waals surface area contributed by atoms with Crippen molar-refractivity contribution in [3.63, 3.8) is 0 Å². The van der Waals surface area contributed by atoms with Gasteiger partial charge in [0.2, 0.25) is 5.91 Å². The average Bonchev–Trinajstić information content (AvgIpc) is 3.12. The summed E-state index contributed by atoms with van der Waals surface area (Å²) >= 11 is 9.52. The summed E-state index contributed by atoms with van der Waals surface area (Å²) in [7, 11) is 0. The lowest BCUT2D eigenvalue weighted by Crippen LogP contribution is -2.35. The smallest absolute Gasteiger partial charge is 0.264 e. The number of fused-ring (bicyclic) bond motifs is 1. The van der Waals surface area contributed by atoms with Crippen molar-refractivity contribution < 1.29 is 14.4 Å². The fraction of sp³-hybridized carbons (Fsp3) is 0.100. The molecule has 9 heteroatoms. The number of halogens is 1. The van der Waals surface area contributed by atoms with Crippen LogP contribution in [0.4, 0.5) is 11.4 Å². The van der Waals surface area contributed by atoms with Crippen molar-refractivity contribution in [3.8, 4) is 0 Å². The van der Waals surface area contributed by atoms with Gasteiger partial charge in [-0.05, 0) is 36.8 Å². The Bertz CT molecular complexity index is 1130. The highest BCUT2D eigenvalue weighted by molar-refractivity contribution is 9.10. The number of anilines is 2. The third-order valence-corrected chi connectivity index (χ3v) is 6.27. The minimum absolute atomic E-state index is 0.171. The zero-order valence-electron chi connectivity index (χ0n) is 15.1. The van der Waals surface area contributed by atoms with Crippen LogP contribution >= 0.6 is 39.9 Å². The summed E-state index contributed by atoms with van der Waals surface area (Å²) in [6, 6.07) is 12.7. The van der Waals surface area contributed by atoms with Crippen LogP contribution in [0.1, 0.15) is 11.1 Å². The van der Waals surface area contributed by atoms with Gasteiger partial charge in [-0.3, -0.25) is 19.3 Å². The van der Waals surface area contributed by atoms with Crippen LogP contribution in [0.15, 0.2) is 51.8 Å². The standard InChI is InChI=1S/C20H14BrN3O3S2/c1-10-4-2-3-5-13(10)22-15(25)9-24-14-7-6-11(21)8-12(14)16(19(24)27)17-18(26)23-20(28)29-17/h2-8H,9H2,1H3,(H,22,25)(H,23,26,28)/b17-16+. The average molecular weight is 488 g/mol. The first-order valence-electron chi connectivity index (χ1n) is 8.60. The summed E-state index contributed by atoms with van der Waals surface area (Å²) in [5, 5.41) is 5.38. The van der Waals surface area contributed by atoms with Gasteiger partial charge in [-0.2, -0.15) is 0 Å². The number of carbonyl (C=O) groups is 3. The number of nitrogens with one attached hydrogen (secondary N) is 2. The van der Waals surface area contributed by atoms with Gasteiger partial charge in [0.25, 0.3) is 11.8 Å². The van der Waals surface area contributed by atoms with Gasteiger partial charge in [-0.25, -0.2) is 0 Å². The summed E-state index contributed by atoms with van der Waals surface area (Å²) < 4.78 is 1.07. The zero-order chi connectivity index (χ0) is 20.7. The molecule has 2 aliphatic rings. The van der Waals surface area contributed by atoms with Gasteiger partial charge in [0, 0.05) is 15.7 Å². The Morgan fingerprint density at radius 3 is 2.69 bits per heavy atom. The van der Waals surface area contributed by atoms with E-state index >= 15 is 0 Å². The molecular formula is C20H14BrN3O3S2. The van der Waals surface area contributed by atoms with Crippen molar-refractivity contribution in [3.05, 3.63) is 63.0 Å². The molecule has 1 fully saturated rings. The monoisotopic (exact) mass is 487 g/mol. The Morgan fingerprint density at radius 1 is 1.24 bits per heavy atom. The first kappa shape index (κ1) is 19.8. The highest BCUT2D eigenvalue weighted by atomic mass is 79.9. The molecule has 2 aromatic carbocycles. The summed E-state index contributed by atoms with van der Waals surface area (Å²) in [6.07, 6.45) is 0. The number of hydrogen-bond donors (Lipinski definition) is 2. The third kappa shape index (κ3) is 3.73. The van der Waals surface area contributed by atoms with E-state index in [-0.39, 0.29) is 22.9 Å². The summed E-state index contributed by atoms with van der Waals surface area (Å²) in [5.41, 5.74) is 3.04. The molecule has 0 bridgehead atoms. The molecule has 2 aliphatic heterocycles. The first-order valence-corrected chi connectivity index (χ1v) is 10.6. The van der Waals surface area contributed by atoms with E-state index in [2.05, 4.69) is 26.6 Å². The maximum absolute atomic E-state index is 13.2. The topological polar surface area (TPSA) is 78.5 Å². The number of nitrogens with zero attached hydrogens (tertiary/aromatic N) is 1. The highest BCUT2D eigenvalue weighted by Gasteiger charge is 2.39. The Kier molecular flexibility index (Phi) is 5.28. The number of benzene rings is 2. The minimum Gasteiger partial charge on any atom is -0.324 e. The van der Waals surface area contributed by atoms with Gasteiger partial charge in [0.05, 0.1) is 16.2 Å². The maximum atomic E-state index is 13.2. The van der Waals surface area contributed by atoms with E-state index in [1.807, 2.05) is 25.1 Å². The van der Waals surface area contributed by atoms with Crippen molar-refractivity contribution in [2.45, 2.75) is 6.92 Å². The highest BCUT2D eigenvalue weighted by Crippen LogP contribution is 2.43. The van der Waals surface area contributed by atoms with E-state index in [0.29, 0.717) is 21.3 Å². The normalized spacial score (nSPS) is 18.1. The second kappa shape index (κ2) is 7.74. The van der Waals surface area contributed by atoms with Crippen LogP contribution in [0.3, 0.4) is 0 Å². The number of thioether (sulfide) groups is 1. The number of para-hydroxylation sites is 1. The Balaban J connectivity index is 1.69. The van der Waals surface area contributed by atoms with Gasteiger partial charge in [0.15, 0.2) is 0 Å². The Hall–Kier alpha value is -2.49. The molecule has 146 valence electrons. The van der Waals surface area contributed by atoms with E-state index in [0.717, 1.165) is 21.8 Å². The number of aryl methyl sites for hydroxylation is 1. The molecule has 0 aromatic heterocycles. The second-order valence-electron chi connectivity index (χ2n) is 6.46. The number of hydrogen-bond acceptors (Lipinski definition) is 5. The van der Waals surface area contributed by atoms with Crippen LogP contribution < -0.4 is 15.5 Å². The van der Waals surface area contributed by atoms with Crippen LogP contribution in [0.25, 0.3) is 5.57 Å². The molecular weight excluding hydrogens is 474 g/mol. The van der Waals surface area contributed by atoms with Crippen molar-refractivity contribution >= 4 is 78.9 Å². The molecule has 29 heavy (non-hydrogen) atoms. The number of amides is 3. The van der Waals surface area contributed by atoms with E-state index in [1.165, 1.54) is 4.90 Å². The number of thiocarbonyl (C=S) groups is 1. The van der Waals surface area contributed by atoms with Crippen LogP contribution in [-0.2, 0) is 14.4 Å². The summed E-state index contributed by atoms with van der Waals surface area (Å²) in [6.45, 7) is 1.72. The molecule has 1 saturated heterocycles. The fourth-order valence-electron chi connectivity index (χ4n) is 3.20. The second-order valence-corrected chi connectivity index (χ2v) is 9.07. The molecule has 2 aromatic rings. The van der Waals surface area contributed by atoms with Crippen LogP contribution in [0, 0.1) is 6.92 Å². The van der Waals surface area contributed by atoms with Crippen molar-refractivity contribution in [1.82, 2.24) is 5.32 Å². The van der Waals surface area contributed by atoms with Gasteiger partial charge in [-0.15, -0.1) is 0 Å². The molecule has 0 saturated carbocycles. The van der Waals surface area contributed by atoms with Crippen LogP contribution in [-0.4, -0.2) is 28.6 Å². The largest absolute Gasteiger partial charge is 0.324 e. The maximum Gasteiger partial charge on any atom is 0.264 e. The predicted molar refractivity (Wildman–Crippen MR) is 122 cm³/mol. The summed E-state index contributed by atoms with van der Waals surface area (Å²) in [5.74, 6) is -1.13. The minimum atomic E-state index is -0.402. The lowest BCUT2D eigenvalue weighted by Gasteiger charge is -2.17. The van der Waals surface area contributed by atoms with Crippen molar-refractivity contribution in [1.29, 1.82) is 0 Å². The van der Waals surface area contributed by atoms with E-state index < -0.39 is 11.8 Å². The zero-order valence-corrected chi connectivity index (χ0v) is 18.3. The molecule has 0 radical (unpaired) electrons. The molecule has 3 amide bonds. The molecule has 0 atom stereocenters. The van der Waals surface area contributed by atoms with Gasteiger partial charge < -0.3 is 10.6 Å². The molecule has 0 aliphatic carbocycles. The van der Waals surface area contributed by atoms with Gasteiger partial charge in [0.1, 0.15) is 10.9 Å². The molecule has 0 spiro atoms. The first-order chi connectivity index (χ1) is 13.8. The molecule has 2 N–H and O–H groups in total. The lowest BCUT2D eigenvalue weighted by molar-refractivity contribution is -0.118. The number of carbonyl (C=O) groups excluding carboxylic acids is 3. The molecule has 4 rings (SSSR count). The van der Waals surface area contributed by atoms with E-state index in [4.69, 9.17) is 12.2 Å². The van der Waals surface area contributed by atoms with E-state index in [1.54, 1.807) is 24.3 Å². The number of rotatable bonds is 3. The summed E-state index contributed by atoms with van der Waals surface area (Å²) in [4.78, 5) is 39.8. The fourth-order valence-corrected chi connectivity index (χ4v) is 4.68. The third-order valence-electron chi connectivity index (χ3n) is 4.54. The SMILES string of the molecule is Cc1ccccc1NC(=O)CN1C(=O)/C(=C2/SC(=S)NC2=O)c2cc(Br)ccc21. The molecule has 0 unspecified atom stereocenters. The molecule has 2 heterocycles. The predicted octanol–water partition coefficient (Wildman–Crippen LogP) is 3.60. The van der Waals surface area contributed by atoms with E-state index in [9.17, 15) is 14.4 Å². The Morgan fingerprint density at radius 2 is 2.00 bits per heavy atom. The van der Waals surface area contributed by atoms with Crippen LogP contribution in [0.2, 0.25) is 0 Å².